The fourth-order valence-corrected chi connectivity index (χ4v) is 4.62. The first-order chi connectivity index (χ1) is 12.8. The Labute approximate surface area is 153 Å². The molecule has 1 aromatic carbocycles. The van der Waals surface area contributed by atoms with E-state index >= 15 is 0 Å². The van der Waals surface area contributed by atoms with E-state index in [1.54, 1.807) is 0 Å². The molecule has 2 aliphatic rings. The fraction of sp³-hybridized carbons (Fsp3) is 0.476. The van der Waals surface area contributed by atoms with Gasteiger partial charge in [0.25, 0.3) is 0 Å². The highest BCUT2D eigenvalue weighted by Crippen LogP contribution is 2.41. The molecule has 5 nitrogen and oxygen atoms in total. The van der Waals surface area contributed by atoms with Crippen molar-refractivity contribution < 1.29 is 4.52 Å². The predicted octanol–water partition coefficient (Wildman–Crippen LogP) is 4.49. The van der Waals surface area contributed by atoms with Gasteiger partial charge >= 0.3 is 0 Å². The number of hydrogen-bond acceptors (Lipinski definition) is 4. The average Bonchev–Trinajstić information content (AvgIpc) is 3.24. The van der Waals surface area contributed by atoms with Crippen molar-refractivity contribution in [2.24, 2.45) is 0 Å². The quantitative estimate of drug-likeness (QED) is 0.684. The Balaban J connectivity index is 1.43. The van der Waals surface area contributed by atoms with Gasteiger partial charge in [0.15, 0.2) is 0 Å². The van der Waals surface area contributed by atoms with Crippen molar-refractivity contribution in [1.82, 2.24) is 19.9 Å². The Hall–Kier alpha value is -2.43. The molecule has 0 radical (unpaired) electrons. The van der Waals surface area contributed by atoms with Crippen LogP contribution in [0.15, 0.2) is 34.9 Å². The van der Waals surface area contributed by atoms with Gasteiger partial charge in [-0.1, -0.05) is 23.4 Å². The third-order valence-electron chi connectivity index (χ3n) is 5.99. The first-order valence-corrected chi connectivity index (χ1v) is 9.75. The molecule has 0 amide bonds. The minimum absolute atomic E-state index is 0.478. The standard InChI is InChI=1S/C21H24N4O/c1-14-13-18(24-26-14)15-9-11-17(12-10-15)21-23-22-20-8-4-6-16-5-2-3-7-19(16)25(20)21/h2-3,5,7,13,15,17H,4,6,8-12H2,1H3. The first kappa shape index (κ1) is 15.8. The minimum Gasteiger partial charge on any atom is -0.361 e. The second kappa shape index (κ2) is 6.38. The highest BCUT2D eigenvalue weighted by Gasteiger charge is 2.30. The maximum absolute atomic E-state index is 5.27. The van der Waals surface area contributed by atoms with Crippen LogP contribution in [0.3, 0.4) is 0 Å². The molecule has 5 rings (SSSR count). The fourth-order valence-electron chi connectivity index (χ4n) is 4.62. The lowest BCUT2D eigenvalue weighted by Crippen LogP contribution is -2.16. The summed E-state index contributed by atoms with van der Waals surface area (Å²) >= 11 is 0. The minimum atomic E-state index is 0.478. The van der Waals surface area contributed by atoms with E-state index in [4.69, 9.17) is 4.52 Å². The number of aromatic nitrogens is 4. The van der Waals surface area contributed by atoms with E-state index in [2.05, 4.69) is 50.3 Å². The second-order valence-electron chi connectivity index (χ2n) is 7.70. The molecule has 5 heteroatoms. The Bertz CT molecular complexity index is 918. The number of benzene rings is 1. The Kier molecular flexibility index (Phi) is 3.88. The van der Waals surface area contributed by atoms with Gasteiger partial charge in [0.1, 0.15) is 17.4 Å². The lowest BCUT2D eigenvalue weighted by atomic mass is 9.80. The monoisotopic (exact) mass is 348 g/mol. The van der Waals surface area contributed by atoms with E-state index < -0.39 is 0 Å². The zero-order chi connectivity index (χ0) is 17.5. The Morgan fingerprint density at radius 3 is 2.62 bits per heavy atom. The normalized spacial score (nSPS) is 22.5. The zero-order valence-electron chi connectivity index (χ0n) is 15.2. The van der Waals surface area contributed by atoms with Gasteiger partial charge in [0.2, 0.25) is 0 Å². The topological polar surface area (TPSA) is 56.7 Å². The van der Waals surface area contributed by atoms with E-state index in [-0.39, 0.29) is 0 Å². The molecule has 0 atom stereocenters. The second-order valence-corrected chi connectivity index (χ2v) is 7.70. The molecule has 3 heterocycles. The number of rotatable bonds is 2. The molecule has 1 aliphatic heterocycles. The van der Waals surface area contributed by atoms with Gasteiger partial charge < -0.3 is 4.52 Å². The van der Waals surface area contributed by atoms with Crippen LogP contribution in [0.4, 0.5) is 0 Å². The lowest BCUT2D eigenvalue weighted by Gasteiger charge is -2.27. The van der Waals surface area contributed by atoms with E-state index in [0.29, 0.717) is 11.8 Å². The van der Waals surface area contributed by atoms with Crippen LogP contribution >= 0.6 is 0 Å². The third-order valence-corrected chi connectivity index (χ3v) is 5.99. The van der Waals surface area contributed by atoms with E-state index in [9.17, 15) is 0 Å². The molecule has 0 saturated heterocycles. The Morgan fingerprint density at radius 1 is 1.00 bits per heavy atom. The summed E-state index contributed by atoms with van der Waals surface area (Å²) < 4.78 is 7.62. The third kappa shape index (κ3) is 2.66. The summed E-state index contributed by atoms with van der Waals surface area (Å²) in [5.74, 6) is 4.18. The van der Waals surface area contributed by atoms with Crippen LogP contribution in [0, 0.1) is 6.92 Å². The SMILES string of the molecule is Cc1cc(C2CCC(c3nnc4n3-c3ccccc3CCC4)CC2)no1. The van der Waals surface area contributed by atoms with Crippen molar-refractivity contribution in [2.75, 3.05) is 0 Å². The van der Waals surface area contributed by atoms with Crippen LogP contribution in [0.1, 0.15) is 72.6 Å². The van der Waals surface area contributed by atoms with E-state index in [0.717, 1.165) is 68.0 Å². The molecule has 26 heavy (non-hydrogen) atoms. The number of fused-ring (bicyclic) bond motifs is 3. The van der Waals surface area contributed by atoms with Crippen molar-refractivity contribution in [1.29, 1.82) is 0 Å². The van der Waals surface area contributed by atoms with Crippen molar-refractivity contribution in [3.05, 3.63) is 59.0 Å². The molecule has 2 aromatic heterocycles. The van der Waals surface area contributed by atoms with Crippen LogP contribution in [-0.4, -0.2) is 19.9 Å². The molecule has 0 N–H and O–H groups in total. The molecular formula is C21H24N4O. The summed E-state index contributed by atoms with van der Waals surface area (Å²) in [6, 6.07) is 10.8. The van der Waals surface area contributed by atoms with Crippen molar-refractivity contribution >= 4 is 0 Å². The lowest BCUT2D eigenvalue weighted by molar-refractivity contribution is 0.347. The van der Waals surface area contributed by atoms with E-state index in [1.807, 2.05) is 6.92 Å². The van der Waals surface area contributed by atoms with Crippen molar-refractivity contribution in [2.45, 2.75) is 63.7 Å². The molecule has 1 saturated carbocycles. The van der Waals surface area contributed by atoms with E-state index in [1.165, 1.54) is 11.3 Å². The molecule has 1 aliphatic carbocycles. The van der Waals surface area contributed by atoms with Crippen LogP contribution in [0.5, 0.6) is 0 Å². The molecule has 0 bridgehead atoms. The summed E-state index contributed by atoms with van der Waals surface area (Å²) in [7, 11) is 0. The number of hydrogen-bond donors (Lipinski definition) is 0. The smallest absolute Gasteiger partial charge is 0.140 e. The van der Waals surface area contributed by atoms with Crippen LogP contribution in [0.25, 0.3) is 5.69 Å². The predicted molar refractivity (Wildman–Crippen MR) is 98.6 cm³/mol. The van der Waals surface area contributed by atoms with Crippen LogP contribution in [-0.2, 0) is 12.8 Å². The largest absolute Gasteiger partial charge is 0.361 e. The molecule has 3 aromatic rings. The zero-order valence-corrected chi connectivity index (χ0v) is 15.2. The van der Waals surface area contributed by atoms with Crippen LogP contribution in [0.2, 0.25) is 0 Å². The average molecular weight is 348 g/mol. The molecular weight excluding hydrogens is 324 g/mol. The van der Waals surface area contributed by atoms with Crippen molar-refractivity contribution in [3.63, 3.8) is 0 Å². The van der Waals surface area contributed by atoms with Gasteiger partial charge in [0.05, 0.1) is 11.4 Å². The molecule has 134 valence electrons. The maximum Gasteiger partial charge on any atom is 0.140 e. The maximum atomic E-state index is 5.27. The van der Waals surface area contributed by atoms with Crippen molar-refractivity contribution in [3.8, 4) is 5.69 Å². The van der Waals surface area contributed by atoms with Gasteiger partial charge in [0, 0.05) is 24.3 Å². The highest BCUT2D eigenvalue weighted by molar-refractivity contribution is 5.44. The summed E-state index contributed by atoms with van der Waals surface area (Å²) in [6.07, 6.45) is 7.83. The summed E-state index contributed by atoms with van der Waals surface area (Å²) in [6.45, 7) is 1.96. The van der Waals surface area contributed by atoms with Gasteiger partial charge in [-0.25, -0.2) is 0 Å². The van der Waals surface area contributed by atoms with Gasteiger partial charge in [-0.2, -0.15) is 0 Å². The molecule has 0 unspecified atom stereocenters. The molecule has 0 spiro atoms. The summed E-state index contributed by atoms with van der Waals surface area (Å²) in [5.41, 5.74) is 3.82. The summed E-state index contributed by atoms with van der Waals surface area (Å²) in [5, 5.41) is 13.4. The van der Waals surface area contributed by atoms with Crippen LogP contribution < -0.4 is 0 Å². The summed E-state index contributed by atoms with van der Waals surface area (Å²) in [4.78, 5) is 0. The van der Waals surface area contributed by atoms with Gasteiger partial charge in [-0.3, -0.25) is 4.57 Å². The Morgan fingerprint density at radius 2 is 1.81 bits per heavy atom. The molecule has 1 fully saturated rings. The van der Waals surface area contributed by atoms with Gasteiger partial charge in [-0.15, -0.1) is 10.2 Å². The highest BCUT2D eigenvalue weighted by atomic mass is 16.5. The number of para-hydroxylation sites is 1. The number of aryl methyl sites for hydroxylation is 3. The van der Waals surface area contributed by atoms with Gasteiger partial charge in [-0.05, 0) is 57.1 Å². The number of nitrogens with zero attached hydrogens (tertiary/aromatic N) is 4. The first-order valence-electron chi connectivity index (χ1n) is 9.75.